The van der Waals surface area contributed by atoms with Gasteiger partial charge in [0.05, 0.1) is 0 Å². The normalized spacial score (nSPS) is 26.1. The van der Waals surface area contributed by atoms with Crippen LogP contribution in [0, 0.1) is 5.41 Å². The number of nitrogens with one attached hydrogen (secondary N) is 1. The average Bonchev–Trinajstić information content (AvgIpc) is 2.25. The smallest absolute Gasteiger partial charge is 0.0273 e. The van der Waals surface area contributed by atoms with Crippen LogP contribution in [0.15, 0.2) is 11.6 Å². The highest BCUT2D eigenvalue weighted by atomic mass is 15.2. The zero-order valence-electron chi connectivity index (χ0n) is 13.2. The molecule has 1 heterocycles. The Labute approximate surface area is 114 Å². The molecule has 2 atom stereocenters. The number of hydrogen-bond acceptors (Lipinski definition) is 2. The van der Waals surface area contributed by atoms with E-state index in [-0.39, 0.29) is 0 Å². The molecule has 18 heavy (non-hydrogen) atoms. The van der Waals surface area contributed by atoms with Crippen molar-refractivity contribution in [1.29, 1.82) is 0 Å². The maximum Gasteiger partial charge on any atom is 0.0273 e. The van der Waals surface area contributed by atoms with Crippen molar-refractivity contribution in [3.05, 3.63) is 11.6 Å². The summed E-state index contributed by atoms with van der Waals surface area (Å²) in [6.45, 7) is 17.2. The lowest BCUT2D eigenvalue weighted by atomic mass is 9.83. The molecule has 0 spiro atoms. The molecule has 0 aromatic rings. The maximum atomic E-state index is 3.73. The molecule has 0 radical (unpaired) electrons. The first kappa shape index (κ1) is 15.7. The fourth-order valence-corrected chi connectivity index (χ4v) is 2.78. The van der Waals surface area contributed by atoms with Gasteiger partial charge in [-0.2, -0.15) is 0 Å². The lowest BCUT2D eigenvalue weighted by molar-refractivity contribution is 0.0638. The molecule has 1 rings (SSSR count). The lowest BCUT2D eigenvalue weighted by Gasteiger charge is -2.46. The molecular weight excluding hydrogens is 220 g/mol. The summed E-state index contributed by atoms with van der Waals surface area (Å²) in [6.07, 6.45) is 4.93. The average molecular weight is 252 g/mol. The number of hydrogen-bond donors (Lipinski definition) is 1. The van der Waals surface area contributed by atoms with Crippen LogP contribution in [0.4, 0.5) is 0 Å². The first-order valence-corrected chi connectivity index (χ1v) is 7.45. The van der Waals surface area contributed by atoms with Crippen LogP contribution in [0.5, 0.6) is 0 Å². The van der Waals surface area contributed by atoms with Crippen LogP contribution in [0.2, 0.25) is 0 Å². The van der Waals surface area contributed by atoms with Gasteiger partial charge in [-0.3, -0.25) is 4.90 Å². The Bertz CT molecular complexity index is 271. The van der Waals surface area contributed by atoms with E-state index in [2.05, 4.69) is 57.8 Å². The number of piperazine rings is 1. The molecule has 0 amide bonds. The van der Waals surface area contributed by atoms with Gasteiger partial charge in [0.25, 0.3) is 0 Å². The third-order valence-electron chi connectivity index (χ3n) is 3.87. The fraction of sp³-hybridized carbons (Fsp3) is 0.875. The second-order valence-electron chi connectivity index (χ2n) is 7.01. The largest absolute Gasteiger partial charge is 0.311 e. The highest BCUT2D eigenvalue weighted by Gasteiger charge is 2.34. The third-order valence-corrected chi connectivity index (χ3v) is 3.87. The van der Waals surface area contributed by atoms with Crippen LogP contribution in [-0.2, 0) is 0 Å². The van der Waals surface area contributed by atoms with Crippen LogP contribution in [0.1, 0.15) is 54.4 Å². The topological polar surface area (TPSA) is 15.3 Å². The third kappa shape index (κ3) is 4.74. The van der Waals surface area contributed by atoms with Crippen molar-refractivity contribution in [2.75, 3.05) is 19.6 Å². The molecule has 1 aliphatic heterocycles. The van der Waals surface area contributed by atoms with E-state index >= 15 is 0 Å². The summed E-state index contributed by atoms with van der Waals surface area (Å²) in [5, 5.41) is 3.73. The van der Waals surface area contributed by atoms with Crippen LogP contribution in [-0.4, -0.2) is 36.6 Å². The molecule has 0 aromatic carbocycles. The summed E-state index contributed by atoms with van der Waals surface area (Å²) in [5.74, 6) is 0. The van der Waals surface area contributed by atoms with E-state index < -0.39 is 0 Å². The van der Waals surface area contributed by atoms with Gasteiger partial charge >= 0.3 is 0 Å². The zero-order valence-corrected chi connectivity index (χ0v) is 13.2. The van der Waals surface area contributed by atoms with Crippen molar-refractivity contribution >= 4 is 0 Å². The lowest BCUT2D eigenvalue weighted by Crippen LogP contribution is -2.60. The Morgan fingerprint density at radius 1 is 1.33 bits per heavy atom. The fourth-order valence-electron chi connectivity index (χ4n) is 2.78. The molecule has 1 fully saturated rings. The van der Waals surface area contributed by atoms with Gasteiger partial charge in [-0.1, -0.05) is 45.8 Å². The summed E-state index contributed by atoms with van der Waals surface area (Å²) in [5.41, 5.74) is 1.77. The van der Waals surface area contributed by atoms with Gasteiger partial charge in [0.2, 0.25) is 0 Å². The minimum absolute atomic E-state index is 0.347. The zero-order chi connectivity index (χ0) is 13.8. The maximum absolute atomic E-state index is 3.73. The van der Waals surface area contributed by atoms with Gasteiger partial charge in [-0.15, -0.1) is 0 Å². The van der Waals surface area contributed by atoms with Crippen molar-refractivity contribution in [1.82, 2.24) is 10.2 Å². The first-order chi connectivity index (χ1) is 8.34. The molecule has 2 unspecified atom stereocenters. The quantitative estimate of drug-likeness (QED) is 0.771. The van der Waals surface area contributed by atoms with E-state index in [1.807, 2.05) is 0 Å². The molecular formula is C16H32N2. The second kappa shape index (κ2) is 6.72. The Morgan fingerprint density at radius 2 is 2.00 bits per heavy atom. The van der Waals surface area contributed by atoms with Gasteiger partial charge < -0.3 is 5.32 Å². The number of allylic oxidation sites excluding steroid dienone is 1. The van der Waals surface area contributed by atoms with Crippen molar-refractivity contribution in [3.8, 4) is 0 Å². The Morgan fingerprint density at radius 3 is 2.50 bits per heavy atom. The van der Waals surface area contributed by atoms with Gasteiger partial charge in [-0.25, -0.2) is 0 Å². The highest BCUT2D eigenvalue weighted by molar-refractivity contribution is 4.99. The molecule has 0 bridgehead atoms. The second-order valence-corrected chi connectivity index (χ2v) is 7.01. The van der Waals surface area contributed by atoms with E-state index in [1.165, 1.54) is 25.0 Å². The van der Waals surface area contributed by atoms with E-state index in [9.17, 15) is 0 Å². The Balaban J connectivity index is 2.70. The number of rotatable bonds is 4. The molecule has 1 aliphatic rings. The van der Waals surface area contributed by atoms with E-state index in [4.69, 9.17) is 0 Å². The van der Waals surface area contributed by atoms with Crippen LogP contribution in [0.25, 0.3) is 0 Å². The molecule has 0 saturated carbocycles. The van der Waals surface area contributed by atoms with E-state index in [0.717, 1.165) is 13.1 Å². The minimum atomic E-state index is 0.347. The Kier molecular flexibility index (Phi) is 5.87. The SMILES string of the molecule is CCCC1CN(CC=C(C)C)C(C(C)(C)C)CN1. The molecule has 1 saturated heterocycles. The van der Waals surface area contributed by atoms with Crippen LogP contribution < -0.4 is 5.32 Å². The summed E-state index contributed by atoms with van der Waals surface area (Å²) < 4.78 is 0. The predicted molar refractivity (Wildman–Crippen MR) is 80.9 cm³/mol. The van der Waals surface area contributed by atoms with Crippen molar-refractivity contribution in [2.24, 2.45) is 5.41 Å². The molecule has 2 nitrogen and oxygen atoms in total. The molecule has 106 valence electrons. The molecule has 2 heteroatoms. The van der Waals surface area contributed by atoms with E-state index in [1.54, 1.807) is 0 Å². The van der Waals surface area contributed by atoms with Crippen molar-refractivity contribution in [2.45, 2.75) is 66.5 Å². The highest BCUT2D eigenvalue weighted by Crippen LogP contribution is 2.27. The molecule has 0 aliphatic carbocycles. The van der Waals surface area contributed by atoms with Gasteiger partial charge in [0, 0.05) is 31.7 Å². The standard InChI is InChI=1S/C16H32N2/c1-7-8-14-12-18(10-9-13(2)3)15(11-17-14)16(4,5)6/h9,14-15,17H,7-8,10-12H2,1-6H3. The predicted octanol–water partition coefficient (Wildman–Crippen LogP) is 3.44. The first-order valence-electron chi connectivity index (χ1n) is 7.45. The number of nitrogens with zero attached hydrogens (tertiary/aromatic N) is 1. The molecule has 1 N–H and O–H groups in total. The van der Waals surface area contributed by atoms with Gasteiger partial charge in [0.15, 0.2) is 0 Å². The summed E-state index contributed by atoms with van der Waals surface area (Å²) in [7, 11) is 0. The van der Waals surface area contributed by atoms with Crippen molar-refractivity contribution in [3.63, 3.8) is 0 Å². The monoisotopic (exact) mass is 252 g/mol. The van der Waals surface area contributed by atoms with Gasteiger partial charge in [-0.05, 0) is 25.7 Å². The summed E-state index contributed by atoms with van der Waals surface area (Å²) in [6, 6.07) is 1.32. The minimum Gasteiger partial charge on any atom is -0.311 e. The summed E-state index contributed by atoms with van der Waals surface area (Å²) in [4.78, 5) is 2.67. The summed E-state index contributed by atoms with van der Waals surface area (Å²) >= 11 is 0. The van der Waals surface area contributed by atoms with Crippen LogP contribution in [0.3, 0.4) is 0 Å². The van der Waals surface area contributed by atoms with Gasteiger partial charge in [0.1, 0.15) is 0 Å². The van der Waals surface area contributed by atoms with E-state index in [0.29, 0.717) is 17.5 Å². The molecule has 0 aromatic heterocycles. The van der Waals surface area contributed by atoms with Crippen LogP contribution >= 0.6 is 0 Å². The Hall–Kier alpha value is -0.340. The van der Waals surface area contributed by atoms with Crippen molar-refractivity contribution < 1.29 is 0 Å².